The zero-order valence-electron chi connectivity index (χ0n) is 17.9. The molecule has 0 unspecified atom stereocenters. The van der Waals surface area contributed by atoms with Gasteiger partial charge in [0.15, 0.2) is 5.82 Å². The van der Waals surface area contributed by atoms with Gasteiger partial charge in [-0.3, -0.25) is 14.3 Å². The van der Waals surface area contributed by atoms with Crippen molar-refractivity contribution in [3.63, 3.8) is 0 Å². The molecule has 7 nitrogen and oxygen atoms in total. The van der Waals surface area contributed by atoms with Crippen LogP contribution < -0.4 is 9.80 Å². The molecule has 2 aliphatic heterocycles. The summed E-state index contributed by atoms with van der Waals surface area (Å²) < 4.78 is 2.15. The van der Waals surface area contributed by atoms with Crippen molar-refractivity contribution >= 4 is 29.0 Å². The van der Waals surface area contributed by atoms with Gasteiger partial charge >= 0.3 is 0 Å². The third-order valence-corrected chi connectivity index (χ3v) is 6.60. The molecule has 1 amide bonds. The van der Waals surface area contributed by atoms with Gasteiger partial charge < -0.3 is 4.90 Å². The molecular formula is C23H25ClN6O. The number of fused-ring (bicyclic) bond motifs is 3. The van der Waals surface area contributed by atoms with E-state index in [1.807, 2.05) is 50.4 Å². The Morgan fingerprint density at radius 2 is 1.87 bits per heavy atom. The number of benzene rings is 1. The van der Waals surface area contributed by atoms with E-state index in [9.17, 15) is 4.79 Å². The molecule has 0 aliphatic carbocycles. The lowest BCUT2D eigenvalue weighted by Crippen LogP contribution is -2.49. The van der Waals surface area contributed by atoms with E-state index < -0.39 is 5.54 Å². The summed E-state index contributed by atoms with van der Waals surface area (Å²) in [4.78, 5) is 21.2. The van der Waals surface area contributed by atoms with Crippen molar-refractivity contribution in [3.8, 4) is 5.69 Å². The Kier molecular flexibility index (Phi) is 4.73. The summed E-state index contributed by atoms with van der Waals surface area (Å²) in [5.41, 5.74) is 1.06. The van der Waals surface area contributed by atoms with Crippen molar-refractivity contribution in [3.05, 3.63) is 59.3 Å². The monoisotopic (exact) mass is 436 g/mol. The summed E-state index contributed by atoms with van der Waals surface area (Å²) in [5, 5.41) is 9.81. The van der Waals surface area contributed by atoms with E-state index in [1.165, 1.54) is 0 Å². The highest BCUT2D eigenvalue weighted by Gasteiger charge is 2.44. The van der Waals surface area contributed by atoms with Gasteiger partial charge in [0.25, 0.3) is 0 Å². The second-order valence-corrected chi connectivity index (χ2v) is 9.15. The van der Waals surface area contributed by atoms with E-state index in [-0.39, 0.29) is 11.8 Å². The van der Waals surface area contributed by atoms with Gasteiger partial charge in [-0.05, 0) is 57.0 Å². The van der Waals surface area contributed by atoms with Crippen molar-refractivity contribution in [2.24, 2.45) is 0 Å². The molecule has 2 aliphatic rings. The van der Waals surface area contributed by atoms with Crippen LogP contribution in [0.3, 0.4) is 0 Å². The van der Waals surface area contributed by atoms with Gasteiger partial charge in [-0.15, -0.1) is 10.2 Å². The summed E-state index contributed by atoms with van der Waals surface area (Å²) in [6.45, 7) is 7.42. The van der Waals surface area contributed by atoms with Gasteiger partial charge in [0.2, 0.25) is 5.91 Å². The number of hydrogen-bond acceptors (Lipinski definition) is 5. The average Bonchev–Trinajstić information content (AvgIpc) is 3.20. The Hall–Kier alpha value is -2.93. The minimum atomic E-state index is -0.635. The van der Waals surface area contributed by atoms with Gasteiger partial charge in [-0.1, -0.05) is 17.7 Å². The van der Waals surface area contributed by atoms with E-state index in [4.69, 9.17) is 11.6 Å². The number of rotatable bonds is 2. The summed E-state index contributed by atoms with van der Waals surface area (Å²) in [5.74, 6) is 2.98. The highest BCUT2D eigenvalue weighted by atomic mass is 35.5. The molecule has 5 rings (SSSR count). The summed E-state index contributed by atoms with van der Waals surface area (Å²) >= 11 is 6.31. The fraction of sp³-hybridized carbons (Fsp3) is 0.391. The Morgan fingerprint density at radius 3 is 2.55 bits per heavy atom. The maximum absolute atomic E-state index is 12.6. The summed E-state index contributed by atoms with van der Waals surface area (Å²) in [6, 6.07) is 11.7. The highest BCUT2D eigenvalue weighted by Crippen LogP contribution is 2.44. The first-order chi connectivity index (χ1) is 14.9. The van der Waals surface area contributed by atoms with Gasteiger partial charge in [0.1, 0.15) is 17.2 Å². The minimum absolute atomic E-state index is 0.0482. The second-order valence-electron chi connectivity index (χ2n) is 8.71. The zero-order valence-corrected chi connectivity index (χ0v) is 18.7. The number of pyridine rings is 1. The van der Waals surface area contributed by atoms with Gasteiger partial charge in [0.05, 0.1) is 11.4 Å². The van der Waals surface area contributed by atoms with Crippen LogP contribution in [0.25, 0.3) is 5.69 Å². The molecule has 1 fully saturated rings. The topological polar surface area (TPSA) is 67.2 Å². The van der Waals surface area contributed by atoms with Gasteiger partial charge in [0, 0.05) is 37.2 Å². The molecular weight excluding hydrogens is 412 g/mol. The van der Waals surface area contributed by atoms with Crippen molar-refractivity contribution < 1.29 is 4.79 Å². The highest BCUT2D eigenvalue weighted by molar-refractivity contribution is 6.31. The Bertz CT molecular complexity index is 1130. The third kappa shape index (κ3) is 3.19. The molecule has 2 aromatic heterocycles. The second kappa shape index (κ2) is 7.34. The van der Waals surface area contributed by atoms with E-state index in [2.05, 4.69) is 30.7 Å². The molecule has 1 saturated heterocycles. The normalized spacial score (nSPS) is 17.9. The SMILES string of the molecule is CC(=O)N1c2cc(Cl)ccc2-n2c(C3CCN(c4ccccn4)CC3)nnc2C1(C)C. The van der Waals surface area contributed by atoms with Crippen LogP contribution >= 0.6 is 11.6 Å². The zero-order chi connectivity index (χ0) is 21.8. The number of anilines is 2. The first kappa shape index (κ1) is 20.0. The number of carbonyl (C=O) groups is 1. The lowest BCUT2D eigenvalue weighted by Gasteiger charge is -2.42. The van der Waals surface area contributed by atoms with Crippen LogP contribution in [0.2, 0.25) is 5.02 Å². The van der Waals surface area contributed by atoms with Crippen LogP contribution in [-0.2, 0) is 10.3 Å². The van der Waals surface area contributed by atoms with Crippen LogP contribution in [0, 0.1) is 0 Å². The Morgan fingerprint density at radius 1 is 1.10 bits per heavy atom. The molecule has 0 radical (unpaired) electrons. The molecule has 160 valence electrons. The lowest BCUT2D eigenvalue weighted by molar-refractivity contribution is -0.117. The van der Waals surface area contributed by atoms with Crippen molar-refractivity contribution in [1.82, 2.24) is 19.7 Å². The Labute approximate surface area is 186 Å². The molecule has 3 aromatic rings. The number of carbonyl (C=O) groups excluding carboxylic acids is 1. The maximum atomic E-state index is 12.6. The molecule has 0 bridgehead atoms. The smallest absolute Gasteiger partial charge is 0.224 e. The Balaban J connectivity index is 1.53. The number of piperidine rings is 1. The fourth-order valence-corrected chi connectivity index (χ4v) is 5.10. The number of amides is 1. The molecule has 1 aromatic carbocycles. The molecule has 0 N–H and O–H groups in total. The predicted octanol–water partition coefficient (Wildman–Crippen LogP) is 4.30. The standard InChI is InChI=1S/C23H25ClN6O/c1-15(31)30-19-14-17(24)7-8-18(19)29-21(26-27-22(29)23(30,2)3)16-9-12-28(13-10-16)20-6-4-5-11-25-20/h4-8,11,14,16H,9-10,12-13H2,1-3H3. The lowest BCUT2D eigenvalue weighted by atomic mass is 9.93. The first-order valence-electron chi connectivity index (χ1n) is 10.6. The van der Waals surface area contributed by atoms with E-state index in [1.54, 1.807) is 11.8 Å². The number of halogens is 1. The molecule has 0 spiro atoms. The van der Waals surface area contributed by atoms with E-state index in [0.717, 1.165) is 54.8 Å². The summed E-state index contributed by atoms with van der Waals surface area (Å²) in [7, 11) is 0. The number of nitrogens with zero attached hydrogens (tertiary/aromatic N) is 6. The van der Waals surface area contributed by atoms with Crippen molar-refractivity contribution in [2.45, 2.75) is 45.1 Å². The fourth-order valence-electron chi connectivity index (χ4n) is 4.93. The van der Waals surface area contributed by atoms with Crippen molar-refractivity contribution in [2.75, 3.05) is 22.9 Å². The average molecular weight is 437 g/mol. The number of aromatic nitrogens is 4. The van der Waals surface area contributed by atoms with Gasteiger partial charge in [-0.25, -0.2) is 4.98 Å². The van der Waals surface area contributed by atoms with Crippen LogP contribution in [-0.4, -0.2) is 38.7 Å². The summed E-state index contributed by atoms with van der Waals surface area (Å²) in [6.07, 6.45) is 3.77. The van der Waals surface area contributed by atoms with Crippen LogP contribution in [0.1, 0.15) is 51.2 Å². The quantitative estimate of drug-likeness (QED) is 0.599. The van der Waals surface area contributed by atoms with Crippen LogP contribution in [0.5, 0.6) is 0 Å². The number of hydrogen-bond donors (Lipinski definition) is 0. The largest absolute Gasteiger partial charge is 0.357 e. The first-order valence-corrected chi connectivity index (χ1v) is 11.0. The third-order valence-electron chi connectivity index (χ3n) is 6.36. The molecule has 31 heavy (non-hydrogen) atoms. The molecule has 4 heterocycles. The van der Waals surface area contributed by atoms with E-state index in [0.29, 0.717) is 5.02 Å². The van der Waals surface area contributed by atoms with Crippen LogP contribution in [0.4, 0.5) is 11.5 Å². The maximum Gasteiger partial charge on any atom is 0.224 e. The van der Waals surface area contributed by atoms with Crippen LogP contribution in [0.15, 0.2) is 42.6 Å². The van der Waals surface area contributed by atoms with E-state index >= 15 is 0 Å². The molecule has 0 saturated carbocycles. The molecule has 8 heteroatoms. The predicted molar refractivity (Wildman–Crippen MR) is 121 cm³/mol. The van der Waals surface area contributed by atoms with Crippen molar-refractivity contribution in [1.29, 1.82) is 0 Å². The van der Waals surface area contributed by atoms with Gasteiger partial charge in [-0.2, -0.15) is 0 Å². The molecule has 0 atom stereocenters. The minimum Gasteiger partial charge on any atom is -0.357 e.